The number of hydrogen-bond donors (Lipinski definition) is 0. The fourth-order valence-corrected chi connectivity index (χ4v) is 1.00. The van der Waals surface area contributed by atoms with E-state index in [1.807, 2.05) is 0 Å². The molecule has 0 atom stereocenters. The van der Waals surface area contributed by atoms with Gasteiger partial charge in [-0.1, -0.05) is 28.1 Å². The van der Waals surface area contributed by atoms with Gasteiger partial charge in [-0.05, 0) is 18.2 Å². The van der Waals surface area contributed by atoms with E-state index in [1.54, 1.807) is 6.08 Å². The molecule has 0 aliphatic heterocycles. The van der Waals surface area contributed by atoms with E-state index in [4.69, 9.17) is 0 Å². The Hall–Kier alpha value is -0.700. The molecule has 0 bridgehead atoms. The second kappa shape index (κ2) is 4.36. The van der Waals surface area contributed by atoms with Crippen molar-refractivity contribution in [3.63, 3.8) is 0 Å². The highest BCUT2D eigenvalue weighted by Gasteiger charge is 1.98. The van der Waals surface area contributed by atoms with Gasteiger partial charge in [0.2, 0.25) is 0 Å². The summed E-state index contributed by atoms with van der Waals surface area (Å²) in [6.07, 6.45) is 3.24. The topological polar surface area (TPSA) is 0 Å². The van der Waals surface area contributed by atoms with E-state index in [9.17, 15) is 8.78 Å². The second-order valence-electron chi connectivity index (χ2n) is 2.22. The highest BCUT2D eigenvalue weighted by atomic mass is 79.9. The van der Waals surface area contributed by atoms with Gasteiger partial charge in [-0.25, -0.2) is 8.78 Å². The van der Waals surface area contributed by atoms with Gasteiger partial charge in [-0.2, -0.15) is 0 Å². The van der Waals surface area contributed by atoms with Gasteiger partial charge < -0.3 is 0 Å². The highest BCUT2D eigenvalue weighted by molar-refractivity contribution is 9.09. The van der Waals surface area contributed by atoms with Gasteiger partial charge in [0.25, 0.3) is 0 Å². The molecule has 0 unspecified atom stereocenters. The van der Waals surface area contributed by atoms with Gasteiger partial charge in [-0.15, -0.1) is 0 Å². The Balaban J connectivity index is 2.97. The predicted molar refractivity (Wildman–Crippen MR) is 49.2 cm³/mol. The molecular formula is C9H7BrF2. The Kier molecular flexibility index (Phi) is 3.41. The number of rotatable bonds is 2. The Morgan fingerprint density at radius 2 is 2.08 bits per heavy atom. The van der Waals surface area contributed by atoms with E-state index in [-0.39, 0.29) is 5.56 Å². The fourth-order valence-electron chi connectivity index (χ4n) is 0.814. The van der Waals surface area contributed by atoms with Crippen molar-refractivity contribution in [1.29, 1.82) is 0 Å². The average molecular weight is 233 g/mol. The standard InChI is InChI=1S/C9H7BrF2/c10-5-1-2-7-6-8(11)3-4-9(7)12/h1-4,6H,5H2. The van der Waals surface area contributed by atoms with Crippen molar-refractivity contribution < 1.29 is 8.78 Å². The van der Waals surface area contributed by atoms with Crippen molar-refractivity contribution in [3.8, 4) is 0 Å². The fraction of sp³-hybridized carbons (Fsp3) is 0.111. The van der Waals surface area contributed by atoms with E-state index < -0.39 is 11.6 Å². The molecule has 0 aliphatic carbocycles. The third-order valence-corrected chi connectivity index (χ3v) is 1.72. The molecule has 0 heterocycles. The van der Waals surface area contributed by atoms with Crippen molar-refractivity contribution in [2.24, 2.45) is 0 Å². The van der Waals surface area contributed by atoms with Gasteiger partial charge in [0.15, 0.2) is 0 Å². The lowest BCUT2D eigenvalue weighted by Crippen LogP contribution is -1.83. The molecular weight excluding hydrogens is 226 g/mol. The van der Waals surface area contributed by atoms with Crippen molar-refractivity contribution >= 4 is 22.0 Å². The first-order chi connectivity index (χ1) is 5.74. The van der Waals surface area contributed by atoms with Crippen LogP contribution in [-0.4, -0.2) is 5.33 Å². The molecule has 1 aromatic rings. The van der Waals surface area contributed by atoms with Crippen LogP contribution < -0.4 is 0 Å². The zero-order valence-electron chi connectivity index (χ0n) is 6.23. The Morgan fingerprint density at radius 3 is 2.75 bits per heavy atom. The van der Waals surface area contributed by atoms with E-state index in [0.29, 0.717) is 5.33 Å². The van der Waals surface area contributed by atoms with Crippen LogP contribution in [0, 0.1) is 11.6 Å². The first-order valence-corrected chi connectivity index (χ1v) is 4.53. The Morgan fingerprint density at radius 1 is 1.33 bits per heavy atom. The average Bonchev–Trinajstić information content (AvgIpc) is 2.07. The Labute approximate surface area is 78.0 Å². The van der Waals surface area contributed by atoms with E-state index >= 15 is 0 Å². The van der Waals surface area contributed by atoms with Crippen LogP contribution in [0.1, 0.15) is 5.56 Å². The molecule has 0 fully saturated rings. The third kappa shape index (κ3) is 2.41. The largest absolute Gasteiger partial charge is 0.207 e. The van der Waals surface area contributed by atoms with E-state index in [1.165, 1.54) is 6.08 Å². The monoisotopic (exact) mass is 232 g/mol. The van der Waals surface area contributed by atoms with Crippen LogP contribution in [0.25, 0.3) is 6.08 Å². The quantitative estimate of drug-likeness (QED) is 0.687. The molecule has 0 aromatic heterocycles. The van der Waals surface area contributed by atoms with Crippen LogP contribution >= 0.6 is 15.9 Å². The molecule has 0 saturated heterocycles. The van der Waals surface area contributed by atoms with Crippen molar-refractivity contribution in [3.05, 3.63) is 41.5 Å². The predicted octanol–water partition coefficient (Wildman–Crippen LogP) is 3.37. The van der Waals surface area contributed by atoms with Crippen LogP contribution in [0.4, 0.5) is 8.78 Å². The first kappa shape index (κ1) is 9.39. The molecule has 1 aromatic carbocycles. The van der Waals surface area contributed by atoms with Gasteiger partial charge in [-0.3, -0.25) is 0 Å². The van der Waals surface area contributed by atoms with E-state index in [0.717, 1.165) is 18.2 Å². The number of hydrogen-bond acceptors (Lipinski definition) is 0. The minimum atomic E-state index is -0.425. The lowest BCUT2D eigenvalue weighted by molar-refractivity contribution is 0.598. The molecule has 12 heavy (non-hydrogen) atoms. The smallest absolute Gasteiger partial charge is 0.130 e. The Bertz CT molecular complexity index is 295. The lowest BCUT2D eigenvalue weighted by Gasteiger charge is -1.95. The maximum absolute atomic E-state index is 12.9. The second-order valence-corrected chi connectivity index (χ2v) is 2.87. The normalized spacial score (nSPS) is 10.9. The number of halogens is 3. The van der Waals surface area contributed by atoms with E-state index in [2.05, 4.69) is 15.9 Å². The summed E-state index contributed by atoms with van der Waals surface area (Å²) in [6, 6.07) is 3.37. The maximum atomic E-state index is 12.9. The summed E-state index contributed by atoms with van der Waals surface area (Å²) >= 11 is 3.15. The van der Waals surface area contributed by atoms with Gasteiger partial charge in [0.1, 0.15) is 11.6 Å². The summed E-state index contributed by atoms with van der Waals surface area (Å²) in [4.78, 5) is 0. The molecule has 0 spiro atoms. The molecule has 0 radical (unpaired) electrons. The minimum Gasteiger partial charge on any atom is -0.207 e. The zero-order valence-corrected chi connectivity index (χ0v) is 7.81. The molecule has 0 nitrogen and oxygen atoms in total. The maximum Gasteiger partial charge on any atom is 0.130 e. The van der Waals surface area contributed by atoms with Gasteiger partial charge in [0, 0.05) is 10.9 Å². The third-order valence-electron chi connectivity index (χ3n) is 1.34. The molecule has 64 valence electrons. The molecule has 0 aliphatic rings. The molecule has 3 heteroatoms. The van der Waals surface area contributed by atoms with Crippen LogP contribution in [0.3, 0.4) is 0 Å². The molecule has 0 N–H and O–H groups in total. The summed E-state index contributed by atoms with van der Waals surface area (Å²) in [6.45, 7) is 0. The number of alkyl halides is 1. The van der Waals surface area contributed by atoms with Crippen LogP contribution in [0.5, 0.6) is 0 Å². The summed E-state index contributed by atoms with van der Waals surface area (Å²) in [7, 11) is 0. The number of benzene rings is 1. The van der Waals surface area contributed by atoms with Crippen LogP contribution in [0.2, 0.25) is 0 Å². The lowest BCUT2D eigenvalue weighted by atomic mass is 10.2. The zero-order chi connectivity index (χ0) is 8.97. The summed E-state index contributed by atoms with van der Waals surface area (Å²) < 4.78 is 25.4. The molecule has 0 amide bonds. The summed E-state index contributed by atoms with van der Waals surface area (Å²) in [5.74, 6) is -0.834. The molecule has 0 saturated carbocycles. The highest BCUT2D eigenvalue weighted by Crippen LogP contribution is 2.11. The van der Waals surface area contributed by atoms with Crippen LogP contribution in [0.15, 0.2) is 24.3 Å². The SMILES string of the molecule is Fc1ccc(F)c(C=CCBr)c1. The van der Waals surface area contributed by atoms with Crippen molar-refractivity contribution in [2.45, 2.75) is 0 Å². The van der Waals surface area contributed by atoms with Crippen molar-refractivity contribution in [1.82, 2.24) is 0 Å². The summed E-state index contributed by atoms with van der Waals surface area (Å²) in [5, 5.41) is 0.628. The van der Waals surface area contributed by atoms with Gasteiger partial charge in [0.05, 0.1) is 0 Å². The van der Waals surface area contributed by atoms with Crippen molar-refractivity contribution in [2.75, 3.05) is 5.33 Å². The number of allylic oxidation sites excluding steroid dienone is 1. The van der Waals surface area contributed by atoms with Crippen LogP contribution in [-0.2, 0) is 0 Å². The van der Waals surface area contributed by atoms with Gasteiger partial charge >= 0.3 is 0 Å². The molecule has 1 rings (SSSR count). The first-order valence-electron chi connectivity index (χ1n) is 3.41. The summed E-state index contributed by atoms with van der Waals surface area (Å²) in [5.41, 5.74) is 0.273. The minimum absolute atomic E-state index is 0.273.